The molecule has 0 amide bonds. The van der Waals surface area contributed by atoms with Crippen molar-refractivity contribution < 1.29 is 8.42 Å². The molecule has 2 heterocycles. The fraction of sp³-hybridized carbons (Fsp3) is 0.278. The molecule has 0 saturated carbocycles. The Morgan fingerprint density at radius 2 is 1.91 bits per heavy atom. The van der Waals surface area contributed by atoms with Crippen molar-refractivity contribution in [2.24, 2.45) is 4.40 Å². The van der Waals surface area contributed by atoms with Gasteiger partial charge in [-0.25, -0.2) is 8.42 Å². The molecule has 1 aromatic rings. The highest BCUT2D eigenvalue weighted by Gasteiger charge is 2.25. The molecule has 0 atom stereocenters. The molecule has 0 saturated heterocycles. The molecule has 2 aliphatic heterocycles. The predicted octanol–water partition coefficient (Wildman–Crippen LogP) is 3.32. The number of rotatable bonds is 3. The highest BCUT2D eigenvalue weighted by atomic mass is 32.2. The molecule has 3 rings (SSSR count). The normalized spacial score (nSPS) is 19.7. The van der Waals surface area contributed by atoms with E-state index in [4.69, 9.17) is 0 Å². The lowest BCUT2D eigenvalue weighted by Crippen LogP contribution is -2.37. The first-order chi connectivity index (χ1) is 10.9. The molecule has 0 N–H and O–H groups in total. The smallest absolute Gasteiger partial charge is 0.256 e. The van der Waals surface area contributed by atoms with Crippen molar-refractivity contribution in [3.8, 4) is 0 Å². The second-order valence-electron chi connectivity index (χ2n) is 6.01. The minimum Gasteiger partial charge on any atom is -0.331 e. The summed E-state index contributed by atoms with van der Waals surface area (Å²) in [4.78, 5) is 1.88. The number of sulfonamides is 1. The average molecular weight is 328 g/mol. The molecule has 0 bridgehead atoms. The van der Waals surface area contributed by atoms with Crippen LogP contribution >= 0.6 is 0 Å². The molecule has 0 aromatic heterocycles. The van der Waals surface area contributed by atoms with Crippen LogP contribution < -0.4 is 0 Å². The van der Waals surface area contributed by atoms with Gasteiger partial charge in [-0.15, -0.1) is 4.40 Å². The van der Waals surface area contributed by atoms with Gasteiger partial charge in [-0.3, -0.25) is 0 Å². The maximum atomic E-state index is 11.7. The minimum atomic E-state index is -3.35. The SMILES string of the molecule is CC(C)c1ccc(C=CC2=CC=CN3CCS(=O)(=O)N=C23)cc1. The van der Waals surface area contributed by atoms with Crippen molar-refractivity contribution in [3.05, 3.63) is 65.4 Å². The van der Waals surface area contributed by atoms with Gasteiger partial charge in [-0.2, -0.15) is 0 Å². The molecule has 0 fully saturated rings. The van der Waals surface area contributed by atoms with E-state index in [0.29, 0.717) is 18.3 Å². The zero-order valence-electron chi connectivity index (χ0n) is 13.3. The summed E-state index contributed by atoms with van der Waals surface area (Å²) in [5.74, 6) is 1.08. The van der Waals surface area contributed by atoms with Crippen molar-refractivity contribution in [1.29, 1.82) is 0 Å². The number of hydrogen-bond acceptors (Lipinski definition) is 3. The molecule has 23 heavy (non-hydrogen) atoms. The van der Waals surface area contributed by atoms with Crippen molar-refractivity contribution in [3.63, 3.8) is 0 Å². The highest BCUT2D eigenvalue weighted by Crippen LogP contribution is 2.20. The van der Waals surface area contributed by atoms with Crippen LogP contribution in [0.25, 0.3) is 6.08 Å². The van der Waals surface area contributed by atoms with E-state index in [0.717, 1.165) is 11.1 Å². The largest absolute Gasteiger partial charge is 0.331 e. The van der Waals surface area contributed by atoms with E-state index < -0.39 is 10.0 Å². The first kappa shape index (κ1) is 15.7. The predicted molar refractivity (Wildman–Crippen MR) is 94.7 cm³/mol. The van der Waals surface area contributed by atoms with Gasteiger partial charge < -0.3 is 4.90 Å². The lowest BCUT2D eigenvalue weighted by molar-refractivity contribution is 0.547. The Kier molecular flexibility index (Phi) is 4.22. The van der Waals surface area contributed by atoms with Gasteiger partial charge in [0.1, 0.15) is 0 Å². The van der Waals surface area contributed by atoms with Gasteiger partial charge in [-0.1, -0.05) is 50.3 Å². The van der Waals surface area contributed by atoms with E-state index in [1.54, 1.807) is 0 Å². The van der Waals surface area contributed by atoms with Gasteiger partial charge in [0, 0.05) is 18.3 Å². The Labute approximate surface area is 137 Å². The average Bonchev–Trinajstić information content (AvgIpc) is 2.52. The monoisotopic (exact) mass is 328 g/mol. The maximum absolute atomic E-state index is 11.7. The minimum absolute atomic E-state index is 0.0640. The maximum Gasteiger partial charge on any atom is 0.256 e. The van der Waals surface area contributed by atoms with Crippen LogP contribution in [0.15, 0.2) is 58.7 Å². The molecule has 0 spiro atoms. The summed E-state index contributed by atoms with van der Waals surface area (Å²) in [7, 11) is -3.35. The second kappa shape index (κ2) is 6.16. The summed E-state index contributed by atoms with van der Waals surface area (Å²) in [6, 6.07) is 8.38. The number of allylic oxidation sites excluding steroid dienone is 2. The van der Waals surface area contributed by atoms with Gasteiger partial charge >= 0.3 is 0 Å². The summed E-state index contributed by atoms with van der Waals surface area (Å²) in [6.07, 6.45) is 9.56. The van der Waals surface area contributed by atoms with Crippen LogP contribution in [0.4, 0.5) is 0 Å². The summed E-state index contributed by atoms with van der Waals surface area (Å²) < 4.78 is 27.4. The third-order valence-corrected chi connectivity index (χ3v) is 5.10. The zero-order chi connectivity index (χ0) is 16.4. The third kappa shape index (κ3) is 3.62. The molecular formula is C18H20N2O2S. The van der Waals surface area contributed by atoms with E-state index in [1.807, 2.05) is 35.4 Å². The first-order valence-electron chi connectivity index (χ1n) is 7.71. The van der Waals surface area contributed by atoms with E-state index >= 15 is 0 Å². The topological polar surface area (TPSA) is 49.7 Å². The lowest BCUT2D eigenvalue weighted by Gasteiger charge is -2.28. The molecule has 5 heteroatoms. The number of benzene rings is 1. The molecule has 0 unspecified atom stereocenters. The van der Waals surface area contributed by atoms with Crippen LogP contribution in [-0.4, -0.2) is 31.5 Å². The molecular weight excluding hydrogens is 308 g/mol. The quantitative estimate of drug-likeness (QED) is 0.855. The number of amidine groups is 1. The van der Waals surface area contributed by atoms with Crippen LogP contribution in [0.3, 0.4) is 0 Å². The van der Waals surface area contributed by atoms with Crippen molar-refractivity contribution >= 4 is 21.9 Å². The molecule has 0 aliphatic carbocycles. The summed E-state index contributed by atoms with van der Waals surface area (Å²) in [6.45, 7) is 4.78. The molecule has 4 nitrogen and oxygen atoms in total. The van der Waals surface area contributed by atoms with E-state index in [1.165, 1.54) is 5.56 Å². The van der Waals surface area contributed by atoms with Gasteiger partial charge in [-0.05, 0) is 29.2 Å². The van der Waals surface area contributed by atoms with Crippen LogP contribution in [0.5, 0.6) is 0 Å². The van der Waals surface area contributed by atoms with Gasteiger partial charge in [0.15, 0.2) is 5.84 Å². The molecule has 1 aromatic carbocycles. The Morgan fingerprint density at radius 1 is 1.17 bits per heavy atom. The van der Waals surface area contributed by atoms with Crippen LogP contribution in [0.1, 0.15) is 30.9 Å². The lowest BCUT2D eigenvalue weighted by atomic mass is 10.0. The Hall–Kier alpha value is -2.14. The molecule has 120 valence electrons. The highest BCUT2D eigenvalue weighted by molar-refractivity contribution is 7.90. The second-order valence-corrected chi connectivity index (χ2v) is 7.77. The third-order valence-electron chi connectivity index (χ3n) is 3.95. The van der Waals surface area contributed by atoms with E-state index in [2.05, 4.69) is 42.5 Å². The van der Waals surface area contributed by atoms with Gasteiger partial charge in [0.25, 0.3) is 10.0 Å². The Morgan fingerprint density at radius 3 is 2.61 bits per heavy atom. The van der Waals surface area contributed by atoms with Gasteiger partial charge in [0.05, 0.1) is 5.75 Å². The summed E-state index contributed by atoms with van der Waals surface area (Å²) >= 11 is 0. The van der Waals surface area contributed by atoms with Crippen molar-refractivity contribution in [2.45, 2.75) is 19.8 Å². The van der Waals surface area contributed by atoms with Crippen molar-refractivity contribution in [1.82, 2.24) is 4.90 Å². The number of hydrogen-bond donors (Lipinski definition) is 0. The number of nitrogens with zero attached hydrogens (tertiary/aromatic N) is 2. The number of fused-ring (bicyclic) bond motifs is 1. The van der Waals surface area contributed by atoms with Crippen molar-refractivity contribution in [2.75, 3.05) is 12.3 Å². The molecule has 2 aliphatic rings. The summed E-state index contributed by atoms with van der Waals surface area (Å²) in [5, 5.41) is 0. The van der Waals surface area contributed by atoms with Gasteiger partial charge in [0.2, 0.25) is 0 Å². The Balaban J connectivity index is 1.85. The summed E-state index contributed by atoms with van der Waals surface area (Å²) in [5.41, 5.74) is 3.19. The van der Waals surface area contributed by atoms with E-state index in [-0.39, 0.29) is 5.75 Å². The van der Waals surface area contributed by atoms with E-state index in [9.17, 15) is 8.42 Å². The fourth-order valence-corrected chi connectivity index (χ4v) is 3.54. The Bertz CT molecular complexity index is 813. The standard InChI is InChI=1S/C18H20N2O2S/c1-14(2)16-8-5-15(6-9-16)7-10-17-4-3-11-20-12-13-23(21,22)19-18(17)20/h3-11,14H,12-13H2,1-2H3. The fourth-order valence-electron chi connectivity index (χ4n) is 2.55. The van der Waals surface area contributed by atoms with Crippen LogP contribution in [0.2, 0.25) is 0 Å². The van der Waals surface area contributed by atoms with Crippen LogP contribution in [0, 0.1) is 0 Å². The zero-order valence-corrected chi connectivity index (χ0v) is 14.1. The van der Waals surface area contributed by atoms with Crippen LogP contribution in [-0.2, 0) is 10.0 Å². The molecule has 0 radical (unpaired) electrons. The first-order valence-corrected chi connectivity index (χ1v) is 9.32.